The lowest BCUT2D eigenvalue weighted by Gasteiger charge is -2.37. The number of rotatable bonds is 6. The van der Waals surface area contributed by atoms with Crippen LogP contribution in [0.4, 0.5) is 30.2 Å². The van der Waals surface area contributed by atoms with Crippen LogP contribution < -0.4 is 10.2 Å². The van der Waals surface area contributed by atoms with Gasteiger partial charge in [-0.25, -0.2) is 0 Å². The first kappa shape index (κ1) is 32.7. The maximum Gasteiger partial charge on any atom is 0.423 e. The average molecular weight is 592 g/mol. The molecule has 1 N–H and O–H groups in total. The van der Waals surface area contributed by atoms with Crippen molar-refractivity contribution in [3.8, 4) is 0 Å². The molecule has 0 unspecified atom stereocenters. The molecule has 0 aliphatic carbocycles. The zero-order chi connectivity index (χ0) is 29.9. The SMILES string of the molecule is C.CC(C)(C)c1ccc(N2CCN(C(=O)CC(=O)N3CCC(Nc4ccc([N+](=O)[O-])c(C(F)(F)F)c4)CC3)CC2)cc1. The second-order valence-electron chi connectivity index (χ2n) is 11.6. The second kappa shape index (κ2) is 13.0. The molecule has 2 amide bonds. The molecule has 230 valence electrons. The molecule has 2 heterocycles. The number of piperidine rings is 1. The van der Waals surface area contributed by atoms with Crippen LogP contribution in [0.1, 0.15) is 58.6 Å². The summed E-state index contributed by atoms with van der Waals surface area (Å²) in [7, 11) is 0. The van der Waals surface area contributed by atoms with Gasteiger partial charge in [-0.3, -0.25) is 19.7 Å². The van der Waals surface area contributed by atoms with E-state index in [4.69, 9.17) is 0 Å². The lowest BCUT2D eigenvalue weighted by molar-refractivity contribution is -0.388. The summed E-state index contributed by atoms with van der Waals surface area (Å²) in [5.41, 5.74) is 0.279. The molecular formula is C30H40F3N5O4. The number of anilines is 2. The Bertz CT molecular complexity index is 1260. The van der Waals surface area contributed by atoms with Gasteiger partial charge in [0.2, 0.25) is 11.8 Å². The second-order valence-corrected chi connectivity index (χ2v) is 11.6. The lowest BCUT2D eigenvalue weighted by atomic mass is 9.87. The van der Waals surface area contributed by atoms with E-state index in [1.807, 2.05) is 0 Å². The Morgan fingerprint density at radius 2 is 1.45 bits per heavy atom. The number of alkyl halides is 3. The number of hydrogen-bond donors (Lipinski definition) is 1. The summed E-state index contributed by atoms with van der Waals surface area (Å²) >= 11 is 0. The Kier molecular flexibility index (Phi) is 10.1. The van der Waals surface area contributed by atoms with E-state index in [2.05, 4.69) is 55.3 Å². The Labute approximate surface area is 244 Å². The molecule has 42 heavy (non-hydrogen) atoms. The zero-order valence-corrected chi connectivity index (χ0v) is 23.5. The molecule has 2 fully saturated rings. The lowest BCUT2D eigenvalue weighted by Crippen LogP contribution is -2.50. The van der Waals surface area contributed by atoms with Gasteiger partial charge in [0, 0.05) is 62.8 Å². The van der Waals surface area contributed by atoms with Crippen molar-refractivity contribution in [2.24, 2.45) is 0 Å². The van der Waals surface area contributed by atoms with E-state index in [1.54, 1.807) is 9.80 Å². The van der Waals surface area contributed by atoms with Crippen molar-refractivity contribution in [3.05, 3.63) is 63.7 Å². The van der Waals surface area contributed by atoms with Crippen LogP contribution in [-0.2, 0) is 21.2 Å². The number of amides is 2. The van der Waals surface area contributed by atoms with E-state index in [0.717, 1.165) is 17.8 Å². The van der Waals surface area contributed by atoms with Crippen LogP contribution in [0, 0.1) is 10.1 Å². The summed E-state index contributed by atoms with van der Waals surface area (Å²) < 4.78 is 39.8. The van der Waals surface area contributed by atoms with Gasteiger partial charge in [0.1, 0.15) is 12.0 Å². The molecule has 2 saturated heterocycles. The number of carbonyl (C=O) groups is 2. The highest BCUT2D eigenvalue weighted by Gasteiger charge is 2.38. The number of nitro groups is 1. The van der Waals surface area contributed by atoms with E-state index in [-0.39, 0.29) is 42.8 Å². The van der Waals surface area contributed by atoms with Gasteiger partial charge in [0.05, 0.1) is 4.92 Å². The fourth-order valence-corrected chi connectivity index (χ4v) is 5.26. The third kappa shape index (κ3) is 7.92. The van der Waals surface area contributed by atoms with Crippen LogP contribution in [0.2, 0.25) is 0 Å². The number of nitrogens with one attached hydrogen (secondary N) is 1. The van der Waals surface area contributed by atoms with Crippen molar-refractivity contribution in [1.82, 2.24) is 9.80 Å². The number of nitrogens with zero attached hydrogens (tertiary/aromatic N) is 4. The summed E-state index contributed by atoms with van der Waals surface area (Å²) in [5.74, 6) is -0.466. The molecule has 9 nitrogen and oxygen atoms in total. The van der Waals surface area contributed by atoms with Crippen LogP contribution in [0.25, 0.3) is 0 Å². The number of benzene rings is 2. The highest BCUT2D eigenvalue weighted by atomic mass is 19.4. The van der Waals surface area contributed by atoms with Crippen molar-refractivity contribution in [3.63, 3.8) is 0 Å². The topological polar surface area (TPSA) is 99.0 Å². The van der Waals surface area contributed by atoms with Gasteiger partial charge in [0.15, 0.2) is 0 Å². The first-order valence-electron chi connectivity index (χ1n) is 13.8. The summed E-state index contributed by atoms with van der Waals surface area (Å²) in [6.07, 6.45) is -4.11. The van der Waals surface area contributed by atoms with Crippen molar-refractivity contribution in [2.75, 3.05) is 49.5 Å². The van der Waals surface area contributed by atoms with Crippen molar-refractivity contribution in [1.29, 1.82) is 0 Å². The van der Waals surface area contributed by atoms with E-state index >= 15 is 0 Å². The molecule has 4 rings (SSSR count). The third-order valence-corrected chi connectivity index (χ3v) is 7.75. The van der Waals surface area contributed by atoms with E-state index in [9.17, 15) is 32.9 Å². The van der Waals surface area contributed by atoms with E-state index in [1.165, 1.54) is 11.6 Å². The standard InChI is InChI=1S/C29H36F3N5O4.CH4/c1-28(2,3)20-4-7-23(8-5-20)34-14-16-36(17-15-34)27(39)19-26(38)35-12-10-21(11-13-35)33-22-6-9-25(37(40)41)24(18-22)29(30,31)32;/h4-9,18,21,33H,10-17,19H2,1-3H3;1H4. The molecule has 12 heteroatoms. The Morgan fingerprint density at radius 3 is 1.95 bits per heavy atom. The number of hydrogen-bond acceptors (Lipinski definition) is 6. The van der Waals surface area contributed by atoms with Crippen molar-refractivity contribution < 1.29 is 27.7 Å². The Morgan fingerprint density at radius 1 is 0.905 bits per heavy atom. The number of likely N-dealkylation sites (tertiary alicyclic amines) is 1. The Balaban J connectivity index is 0.00000484. The van der Waals surface area contributed by atoms with Crippen LogP contribution in [0.15, 0.2) is 42.5 Å². The van der Waals surface area contributed by atoms with E-state index < -0.39 is 22.4 Å². The van der Waals surface area contributed by atoms with Gasteiger partial charge in [0.25, 0.3) is 5.69 Å². The maximum absolute atomic E-state index is 13.3. The normalized spacial score (nSPS) is 16.6. The minimum absolute atomic E-state index is 0. The molecule has 0 bridgehead atoms. The fraction of sp³-hybridized carbons (Fsp3) is 0.533. The zero-order valence-electron chi connectivity index (χ0n) is 23.5. The summed E-state index contributed by atoms with van der Waals surface area (Å²) in [4.78, 5) is 41.2. The number of nitro benzene ring substituents is 1. The molecule has 2 aliphatic rings. The monoisotopic (exact) mass is 591 g/mol. The van der Waals surface area contributed by atoms with Crippen LogP contribution in [0.5, 0.6) is 0 Å². The fourth-order valence-electron chi connectivity index (χ4n) is 5.26. The number of piperazine rings is 1. The minimum atomic E-state index is -4.85. The molecular weight excluding hydrogens is 551 g/mol. The Hall–Kier alpha value is -3.83. The van der Waals surface area contributed by atoms with Gasteiger partial charge in [-0.15, -0.1) is 0 Å². The van der Waals surface area contributed by atoms with Gasteiger partial charge < -0.3 is 20.0 Å². The predicted molar refractivity (Wildman–Crippen MR) is 157 cm³/mol. The largest absolute Gasteiger partial charge is 0.423 e. The third-order valence-electron chi connectivity index (χ3n) is 7.75. The highest BCUT2D eigenvalue weighted by molar-refractivity contribution is 5.97. The van der Waals surface area contributed by atoms with Crippen molar-refractivity contribution >= 4 is 28.9 Å². The average Bonchev–Trinajstić information content (AvgIpc) is 2.92. The van der Waals surface area contributed by atoms with E-state index in [0.29, 0.717) is 52.1 Å². The van der Waals surface area contributed by atoms with Crippen molar-refractivity contribution in [2.45, 2.75) is 65.1 Å². The molecule has 0 spiro atoms. The molecule has 0 aromatic heterocycles. The molecule has 0 saturated carbocycles. The first-order chi connectivity index (χ1) is 19.2. The first-order valence-corrected chi connectivity index (χ1v) is 13.8. The maximum atomic E-state index is 13.3. The van der Waals surface area contributed by atoms with Crippen LogP contribution in [0.3, 0.4) is 0 Å². The molecule has 2 aromatic carbocycles. The molecule has 2 aromatic rings. The smallest absolute Gasteiger partial charge is 0.382 e. The molecule has 0 atom stereocenters. The van der Waals surface area contributed by atoms with Crippen LogP contribution in [-0.4, -0.2) is 71.8 Å². The van der Waals surface area contributed by atoms with Gasteiger partial charge in [-0.1, -0.05) is 40.3 Å². The quantitative estimate of drug-likeness (QED) is 0.263. The van der Waals surface area contributed by atoms with Crippen LogP contribution >= 0.6 is 0 Å². The summed E-state index contributed by atoms with van der Waals surface area (Å²) in [6, 6.07) is 11.1. The summed E-state index contributed by atoms with van der Waals surface area (Å²) in [6.45, 7) is 9.68. The minimum Gasteiger partial charge on any atom is -0.382 e. The molecule has 0 radical (unpaired) electrons. The van der Waals surface area contributed by atoms with Gasteiger partial charge in [-0.2, -0.15) is 13.2 Å². The number of halogens is 3. The summed E-state index contributed by atoms with van der Waals surface area (Å²) in [5, 5.41) is 14.0. The van der Waals surface area contributed by atoms with Gasteiger partial charge in [-0.05, 0) is 48.1 Å². The highest BCUT2D eigenvalue weighted by Crippen LogP contribution is 2.38. The number of carbonyl (C=O) groups excluding carboxylic acids is 2. The van der Waals surface area contributed by atoms with Gasteiger partial charge >= 0.3 is 6.18 Å². The molecule has 2 aliphatic heterocycles. The predicted octanol–water partition coefficient (Wildman–Crippen LogP) is 5.69.